The highest BCUT2D eigenvalue weighted by atomic mass is 16.6. The normalized spacial score (nSPS) is 18.2. The van der Waals surface area contributed by atoms with Crippen LogP contribution in [0.1, 0.15) is 53.2 Å². The lowest BCUT2D eigenvalue weighted by atomic mass is 9.84. The van der Waals surface area contributed by atoms with Gasteiger partial charge in [0.2, 0.25) is 5.75 Å². The number of ether oxygens (including phenoxy) is 5. The van der Waals surface area contributed by atoms with E-state index in [-0.39, 0.29) is 18.1 Å². The van der Waals surface area contributed by atoms with Gasteiger partial charge >= 0.3 is 5.97 Å². The van der Waals surface area contributed by atoms with E-state index in [9.17, 15) is 4.79 Å². The molecule has 2 atom stereocenters. The molecule has 7 nitrogen and oxygen atoms in total. The molecule has 194 valence electrons. The topological polar surface area (TPSA) is 66.5 Å². The zero-order valence-electron chi connectivity index (χ0n) is 22.0. The Morgan fingerprint density at radius 1 is 0.838 bits per heavy atom. The highest BCUT2D eigenvalue weighted by Gasteiger charge is 2.41. The van der Waals surface area contributed by atoms with Crippen LogP contribution >= 0.6 is 0 Å². The molecule has 2 bridgehead atoms. The molecule has 0 aromatic heterocycles. The number of nitrogens with zero attached hydrogens (tertiary/aromatic N) is 1. The van der Waals surface area contributed by atoms with E-state index < -0.39 is 0 Å². The van der Waals surface area contributed by atoms with Gasteiger partial charge in [0.25, 0.3) is 0 Å². The van der Waals surface area contributed by atoms with Gasteiger partial charge in [-0.1, -0.05) is 30.3 Å². The Bertz CT molecular complexity index is 1310. The first-order chi connectivity index (χ1) is 18.0. The van der Waals surface area contributed by atoms with E-state index in [0.29, 0.717) is 28.7 Å². The minimum atomic E-state index is -0.370. The molecule has 0 fully saturated rings. The molecule has 2 heterocycles. The standard InChI is InChI=1S/C30H33NO6/c1-18(32)37-26-16-22-21(15-25(26)33-2)13-24-28-20(14-27(34-3)29(35-4)30(28)36-5)11-12-23(22)31(24)17-19-9-7-6-8-10-19/h6-10,14-16,23-24H,11-13,17H2,1-5H3/t23-,24-/m1/s1. The van der Waals surface area contributed by atoms with Gasteiger partial charge in [0.15, 0.2) is 23.0 Å². The SMILES string of the molecule is COc1cc2c(cc1OC(C)=O)[C@H]1CCc3cc(OC)c(OC)c(OC)c3[C@@H](C2)N1Cc1ccccc1. The number of hydrogen-bond donors (Lipinski definition) is 0. The average molecular weight is 504 g/mol. The molecular weight excluding hydrogens is 470 g/mol. The fourth-order valence-corrected chi connectivity index (χ4v) is 5.92. The van der Waals surface area contributed by atoms with Gasteiger partial charge in [-0.05, 0) is 59.7 Å². The Labute approximate surface area is 217 Å². The molecule has 0 radical (unpaired) electrons. The third-order valence-corrected chi connectivity index (χ3v) is 7.43. The Morgan fingerprint density at radius 3 is 2.19 bits per heavy atom. The summed E-state index contributed by atoms with van der Waals surface area (Å²) in [4.78, 5) is 14.4. The number of fused-ring (bicyclic) bond motifs is 6. The molecule has 0 amide bonds. The van der Waals surface area contributed by atoms with Crippen molar-refractivity contribution in [3.05, 3.63) is 76.3 Å². The molecule has 3 aromatic carbocycles. The van der Waals surface area contributed by atoms with E-state index in [1.165, 1.54) is 23.6 Å². The van der Waals surface area contributed by atoms with Crippen LogP contribution < -0.4 is 23.7 Å². The van der Waals surface area contributed by atoms with E-state index in [0.717, 1.165) is 36.9 Å². The van der Waals surface area contributed by atoms with E-state index in [1.807, 2.05) is 18.2 Å². The van der Waals surface area contributed by atoms with Crippen LogP contribution in [-0.4, -0.2) is 39.3 Å². The average Bonchev–Trinajstić information content (AvgIpc) is 3.00. The summed E-state index contributed by atoms with van der Waals surface area (Å²) in [6.45, 7) is 2.17. The predicted molar refractivity (Wildman–Crippen MR) is 140 cm³/mol. The Hall–Kier alpha value is -3.71. The van der Waals surface area contributed by atoms with Crippen LogP contribution in [0.4, 0.5) is 0 Å². The van der Waals surface area contributed by atoms with E-state index in [4.69, 9.17) is 23.7 Å². The highest BCUT2D eigenvalue weighted by Crippen LogP contribution is 2.54. The largest absolute Gasteiger partial charge is 0.493 e. The van der Waals surface area contributed by atoms with E-state index in [2.05, 4.69) is 35.2 Å². The second-order valence-corrected chi connectivity index (χ2v) is 9.45. The third kappa shape index (κ3) is 4.48. The molecule has 3 aromatic rings. The van der Waals surface area contributed by atoms with Gasteiger partial charge in [0, 0.05) is 31.1 Å². The van der Waals surface area contributed by atoms with Crippen molar-refractivity contribution >= 4 is 5.97 Å². The lowest BCUT2D eigenvalue weighted by Gasteiger charge is -2.43. The summed E-state index contributed by atoms with van der Waals surface area (Å²) in [6, 6.07) is 16.7. The lowest BCUT2D eigenvalue weighted by Crippen LogP contribution is -2.37. The van der Waals surface area contributed by atoms with Crippen LogP contribution in [0.25, 0.3) is 0 Å². The van der Waals surface area contributed by atoms with Crippen LogP contribution in [0, 0.1) is 0 Å². The number of hydrogen-bond acceptors (Lipinski definition) is 7. The Morgan fingerprint density at radius 2 is 1.54 bits per heavy atom. The minimum absolute atomic E-state index is 0.0363. The van der Waals surface area contributed by atoms with Crippen molar-refractivity contribution in [3.8, 4) is 28.7 Å². The van der Waals surface area contributed by atoms with Crippen molar-refractivity contribution in [2.24, 2.45) is 0 Å². The predicted octanol–water partition coefficient (Wildman–Crippen LogP) is 5.43. The first-order valence-electron chi connectivity index (χ1n) is 12.5. The van der Waals surface area contributed by atoms with Crippen LogP contribution in [0.5, 0.6) is 28.7 Å². The first-order valence-corrected chi connectivity index (χ1v) is 12.5. The molecule has 2 aliphatic rings. The quantitative estimate of drug-likeness (QED) is 0.314. The molecule has 0 N–H and O–H groups in total. The Balaban J connectivity index is 1.71. The van der Waals surface area contributed by atoms with Crippen molar-refractivity contribution in [2.45, 2.75) is 44.8 Å². The molecule has 0 spiro atoms. The van der Waals surface area contributed by atoms with Gasteiger partial charge in [0.1, 0.15) is 0 Å². The van der Waals surface area contributed by atoms with Crippen LogP contribution in [0.2, 0.25) is 0 Å². The molecule has 5 rings (SSSR count). The molecule has 37 heavy (non-hydrogen) atoms. The molecule has 2 aliphatic heterocycles. The maximum atomic E-state index is 11.8. The summed E-state index contributed by atoms with van der Waals surface area (Å²) in [6.07, 6.45) is 2.47. The summed E-state index contributed by atoms with van der Waals surface area (Å²) in [7, 11) is 6.58. The van der Waals surface area contributed by atoms with Crippen molar-refractivity contribution < 1.29 is 28.5 Å². The lowest BCUT2D eigenvalue weighted by molar-refractivity contribution is -0.132. The summed E-state index contributed by atoms with van der Waals surface area (Å²) in [5.74, 6) is 2.63. The summed E-state index contributed by atoms with van der Waals surface area (Å²) in [5.41, 5.74) is 5.90. The molecule has 7 heteroatoms. The Kier molecular flexibility index (Phi) is 6.98. The first kappa shape index (κ1) is 25.0. The fraction of sp³-hybridized carbons (Fsp3) is 0.367. The minimum Gasteiger partial charge on any atom is -0.493 e. The summed E-state index contributed by atoms with van der Waals surface area (Å²) >= 11 is 0. The number of aryl methyl sites for hydroxylation is 1. The second kappa shape index (κ2) is 10.3. The number of benzene rings is 3. The van der Waals surface area contributed by atoms with Crippen molar-refractivity contribution in [3.63, 3.8) is 0 Å². The molecule has 0 saturated heterocycles. The van der Waals surface area contributed by atoms with Crippen LogP contribution in [-0.2, 0) is 24.2 Å². The number of esters is 1. The van der Waals surface area contributed by atoms with Gasteiger partial charge in [-0.25, -0.2) is 0 Å². The number of carbonyl (C=O) groups excluding carboxylic acids is 1. The van der Waals surface area contributed by atoms with Gasteiger partial charge in [-0.3, -0.25) is 9.69 Å². The van der Waals surface area contributed by atoms with Crippen LogP contribution in [0.3, 0.4) is 0 Å². The van der Waals surface area contributed by atoms with Crippen molar-refractivity contribution in [2.75, 3.05) is 28.4 Å². The molecular formula is C30H33NO6. The zero-order valence-corrected chi connectivity index (χ0v) is 22.0. The highest BCUT2D eigenvalue weighted by molar-refractivity contribution is 5.71. The van der Waals surface area contributed by atoms with Gasteiger partial charge in [-0.2, -0.15) is 0 Å². The molecule has 0 aliphatic carbocycles. The third-order valence-electron chi connectivity index (χ3n) is 7.43. The molecule has 0 saturated carbocycles. The maximum Gasteiger partial charge on any atom is 0.308 e. The fourth-order valence-electron chi connectivity index (χ4n) is 5.92. The van der Waals surface area contributed by atoms with Crippen molar-refractivity contribution in [1.29, 1.82) is 0 Å². The van der Waals surface area contributed by atoms with E-state index in [1.54, 1.807) is 28.4 Å². The van der Waals surface area contributed by atoms with Crippen molar-refractivity contribution in [1.82, 2.24) is 4.90 Å². The maximum absolute atomic E-state index is 11.8. The summed E-state index contributed by atoms with van der Waals surface area (Å²) < 4.78 is 28.6. The van der Waals surface area contributed by atoms with Gasteiger partial charge in [-0.15, -0.1) is 0 Å². The number of methoxy groups -OCH3 is 4. The van der Waals surface area contributed by atoms with E-state index >= 15 is 0 Å². The smallest absolute Gasteiger partial charge is 0.308 e. The monoisotopic (exact) mass is 503 g/mol. The zero-order chi connectivity index (χ0) is 26.1. The van der Waals surface area contributed by atoms with Gasteiger partial charge in [0.05, 0.1) is 28.4 Å². The number of rotatable bonds is 7. The summed E-state index contributed by atoms with van der Waals surface area (Å²) in [5, 5.41) is 0. The van der Waals surface area contributed by atoms with Gasteiger partial charge < -0.3 is 23.7 Å². The second-order valence-electron chi connectivity index (χ2n) is 9.45. The molecule has 0 unspecified atom stereocenters. The van der Waals surface area contributed by atoms with Crippen LogP contribution in [0.15, 0.2) is 48.5 Å². The number of carbonyl (C=O) groups is 1.